The third-order valence-electron chi connectivity index (χ3n) is 6.01. The fourth-order valence-electron chi connectivity index (χ4n) is 3.94. The van der Waals surface area contributed by atoms with Crippen molar-refractivity contribution < 1.29 is 33.5 Å². The number of carbonyl (C=O) groups excluding carboxylic acids is 2. The summed E-state index contributed by atoms with van der Waals surface area (Å²) in [5, 5.41) is 20.5. The molecule has 1 amide bonds. The topological polar surface area (TPSA) is 119 Å². The fourth-order valence-corrected chi connectivity index (χ4v) is 5.44. The third kappa shape index (κ3) is 7.04. The van der Waals surface area contributed by atoms with Gasteiger partial charge in [-0.15, -0.1) is 11.8 Å². The zero-order valence-electron chi connectivity index (χ0n) is 22.8. The molecule has 9 nitrogen and oxygen atoms in total. The summed E-state index contributed by atoms with van der Waals surface area (Å²) in [4.78, 5) is 38.9. The van der Waals surface area contributed by atoms with Crippen LogP contribution < -0.4 is 4.74 Å². The summed E-state index contributed by atoms with van der Waals surface area (Å²) in [6.45, 7) is 8.28. The fraction of sp³-hybridized carbons (Fsp3) is 0.393. The Kier molecular flexibility index (Phi) is 10.0. The van der Waals surface area contributed by atoms with Crippen molar-refractivity contribution in [3.05, 3.63) is 81.5 Å². The molecule has 3 rings (SSSR count). The second-order valence-electron chi connectivity index (χ2n) is 10.1. The minimum atomic E-state index is -0.993. The molecule has 0 unspecified atom stereocenters. The van der Waals surface area contributed by atoms with Crippen molar-refractivity contribution in [1.29, 1.82) is 0 Å². The highest BCUT2D eigenvalue weighted by atomic mass is 32.2. The first-order valence-electron chi connectivity index (χ1n) is 12.5. The van der Waals surface area contributed by atoms with Gasteiger partial charge in [-0.2, -0.15) is 0 Å². The molecule has 1 aliphatic rings. The molecule has 0 aromatic heterocycles. The van der Waals surface area contributed by atoms with Crippen LogP contribution in [0.4, 0.5) is 10.1 Å². The van der Waals surface area contributed by atoms with Gasteiger partial charge >= 0.3 is 0 Å². The average molecular weight is 591 g/mol. The van der Waals surface area contributed by atoms with Gasteiger partial charge in [0.05, 0.1) is 22.3 Å². The summed E-state index contributed by atoms with van der Waals surface area (Å²) in [6, 6.07) is 10.8. The number of halogens is 1. The lowest BCUT2D eigenvalue weighted by Crippen LogP contribution is -2.63. The molecule has 1 aliphatic heterocycles. The number of hydrogen-bond donors (Lipinski definition) is 1. The third-order valence-corrected chi connectivity index (χ3v) is 7.50. The van der Waals surface area contributed by atoms with E-state index in [2.05, 4.69) is 0 Å². The van der Waals surface area contributed by atoms with E-state index in [0.717, 1.165) is 6.07 Å². The minimum Gasteiger partial charge on any atom is -0.477 e. The maximum absolute atomic E-state index is 14.0. The highest BCUT2D eigenvalue weighted by Gasteiger charge is 2.54. The predicted molar refractivity (Wildman–Crippen MR) is 153 cm³/mol. The van der Waals surface area contributed by atoms with E-state index in [1.807, 2.05) is 6.92 Å². The van der Waals surface area contributed by atoms with Gasteiger partial charge in [0.15, 0.2) is 5.76 Å². The van der Waals surface area contributed by atoms with Crippen molar-refractivity contribution in [2.45, 2.75) is 52.7 Å². The smallest absolute Gasteiger partial charge is 0.269 e. The molecule has 1 saturated heterocycles. The predicted octanol–water partition coefficient (Wildman–Crippen LogP) is 5.40. The molecule has 2 aromatic carbocycles. The Morgan fingerprint density at radius 3 is 2.42 bits per heavy atom. The molecule has 12 heteroatoms. The summed E-state index contributed by atoms with van der Waals surface area (Å²) >= 11 is 6.99. The first-order valence-corrected chi connectivity index (χ1v) is 14.0. The number of carbonyl (C=O) groups is 2. The Bertz CT molecular complexity index is 1320. The summed E-state index contributed by atoms with van der Waals surface area (Å²) in [7, 11) is 0. The van der Waals surface area contributed by atoms with Gasteiger partial charge in [0.1, 0.15) is 23.9 Å². The number of aliphatic hydroxyl groups excluding tert-OH is 1. The normalized spacial score (nSPS) is 18.4. The van der Waals surface area contributed by atoms with E-state index in [1.54, 1.807) is 20.8 Å². The molecular weight excluding hydrogens is 559 g/mol. The van der Waals surface area contributed by atoms with Crippen LogP contribution in [0.15, 0.2) is 60.0 Å². The van der Waals surface area contributed by atoms with E-state index in [1.165, 1.54) is 66.1 Å². The van der Waals surface area contributed by atoms with E-state index in [9.17, 15) is 29.2 Å². The molecule has 0 spiro atoms. The maximum Gasteiger partial charge on any atom is 0.269 e. The number of thiocarbonyl (C=S) groups is 1. The molecule has 1 fully saturated rings. The number of Topliss-reactive ketones (excluding diaryl/α,β-unsaturated/α-hetero) is 1. The van der Waals surface area contributed by atoms with Gasteiger partial charge in [-0.25, -0.2) is 4.39 Å². The Balaban J connectivity index is 2.12. The molecule has 214 valence electrons. The van der Waals surface area contributed by atoms with Crippen molar-refractivity contribution in [2.24, 2.45) is 11.3 Å². The minimum absolute atomic E-state index is 0.0167. The molecule has 1 heterocycles. The van der Waals surface area contributed by atoms with E-state index < -0.39 is 45.2 Å². The Hall–Kier alpha value is -3.35. The lowest BCUT2D eigenvalue weighted by Gasteiger charge is -2.48. The molecule has 0 bridgehead atoms. The van der Waals surface area contributed by atoms with Gasteiger partial charge in [0.2, 0.25) is 16.7 Å². The van der Waals surface area contributed by atoms with Crippen LogP contribution in [0.2, 0.25) is 0 Å². The van der Waals surface area contributed by atoms with Crippen LogP contribution in [0.5, 0.6) is 5.75 Å². The number of likely N-dealkylation sites (tertiary alicyclic amines) is 1. The van der Waals surface area contributed by atoms with Gasteiger partial charge in [-0.3, -0.25) is 24.6 Å². The van der Waals surface area contributed by atoms with Gasteiger partial charge in [-0.1, -0.05) is 33.8 Å². The monoisotopic (exact) mass is 590 g/mol. The van der Waals surface area contributed by atoms with Crippen molar-refractivity contribution in [3.63, 3.8) is 0 Å². The number of ether oxygens (including phenoxy) is 2. The Morgan fingerprint density at radius 1 is 1.25 bits per heavy atom. The first-order chi connectivity index (χ1) is 18.8. The number of thioether (sulfide) groups is 1. The number of allylic oxidation sites excluding steroid dienone is 1. The number of benzene rings is 2. The zero-order chi connectivity index (χ0) is 29.8. The van der Waals surface area contributed by atoms with Crippen LogP contribution >= 0.6 is 24.0 Å². The second-order valence-corrected chi connectivity index (χ2v) is 11.9. The number of amides is 1. The van der Waals surface area contributed by atoms with Gasteiger partial charge < -0.3 is 14.6 Å². The highest BCUT2D eigenvalue weighted by Crippen LogP contribution is 2.42. The van der Waals surface area contributed by atoms with Crippen molar-refractivity contribution in [3.8, 4) is 5.75 Å². The van der Waals surface area contributed by atoms with Crippen LogP contribution in [0.1, 0.15) is 40.2 Å². The number of nitro groups is 1. The van der Waals surface area contributed by atoms with Gasteiger partial charge in [0.25, 0.3) is 5.69 Å². The summed E-state index contributed by atoms with van der Waals surface area (Å²) in [6.07, 6.45) is -0.963. The lowest BCUT2D eigenvalue weighted by atomic mass is 9.87. The van der Waals surface area contributed by atoms with Crippen molar-refractivity contribution in [2.75, 3.05) is 5.75 Å². The molecule has 2 aromatic rings. The van der Waals surface area contributed by atoms with Crippen LogP contribution in [0, 0.1) is 27.3 Å². The molecule has 0 aliphatic carbocycles. The van der Waals surface area contributed by atoms with Crippen LogP contribution in [0.3, 0.4) is 0 Å². The number of rotatable bonds is 11. The van der Waals surface area contributed by atoms with Crippen LogP contribution in [-0.4, -0.2) is 48.9 Å². The molecule has 1 N–H and O–H groups in total. The first kappa shape index (κ1) is 31.2. The molecule has 0 radical (unpaired) electrons. The number of non-ortho nitro benzene ring substituents is 1. The summed E-state index contributed by atoms with van der Waals surface area (Å²) in [5.74, 6) is -2.02. The Labute approximate surface area is 241 Å². The van der Waals surface area contributed by atoms with E-state index in [-0.39, 0.29) is 34.6 Å². The Morgan fingerprint density at radius 2 is 1.90 bits per heavy atom. The summed E-state index contributed by atoms with van der Waals surface area (Å²) < 4.78 is 25.9. The van der Waals surface area contributed by atoms with E-state index >= 15 is 0 Å². The van der Waals surface area contributed by atoms with Gasteiger partial charge in [-0.05, 0) is 54.7 Å². The molecule has 0 saturated carbocycles. The summed E-state index contributed by atoms with van der Waals surface area (Å²) in [5.41, 5.74) is -0.636. The number of nitrogens with zero attached hydrogens (tertiary/aromatic N) is 2. The number of aliphatic hydroxyl groups is 1. The van der Waals surface area contributed by atoms with Crippen LogP contribution in [0.25, 0.3) is 0 Å². The molecule has 40 heavy (non-hydrogen) atoms. The number of hydrogen-bond acceptors (Lipinski definition) is 9. The molecule has 3 atom stereocenters. The highest BCUT2D eigenvalue weighted by molar-refractivity contribution is 8.00. The maximum atomic E-state index is 14.0. The second kappa shape index (κ2) is 12.9. The average Bonchev–Trinajstić information content (AvgIpc) is 2.88. The van der Waals surface area contributed by atoms with Crippen molar-refractivity contribution >= 4 is 46.4 Å². The van der Waals surface area contributed by atoms with E-state index in [0.29, 0.717) is 11.3 Å². The molecular formula is C28H31FN2O7S2. The number of nitro benzene ring substituents is 1. The SMILES string of the molecule is CCS[C@@H]1[C@@H]([C@@H](C)O)C(=O)N1C(C(=S)OCc1ccc([N+](=O)[O-])cc1)=C(Oc1cccc(F)c1)C(=O)C(C)(C)C. The number of ketones is 1. The lowest BCUT2D eigenvalue weighted by molar-refractivity contribution is -0.384. The van der Waals surface area contributed by atoms with E-state index in [4.69, 9.17) is 21.7 Å². The zero-order valence-corrected chi connectivity index (χ0v) is 24.4. The largest absolute Gasteiger partial charge is 0.477 e. The number of β-lactam (4-membered cyclic amide) rings is 1. The van der Waals surface area contributed by atoms with Gasteiger partial charge in [0, 0.05) is 23.6 Å². The standard InChI is InChI=1S/C28H31FN2O7S2/c1-6-40-26-21(16(2)32)25(34)30(26)22(27(39)37-15-17-10-12-19(13-11-17)31(35)36)23(24(33)28(3,4)5)38-20-9-7-8-18(29)14-20/h7-14,16,21,26,32H,6,15H2,1-5H3/t16-,21+,26-/m1/s1. The van der Waals surface area contributed by atoms with Crippen LogP contribution in [-0.2, 0) is 20.9 Å². The van der Waals surface area contributed by atoms with Crippen molar-refractivity contribution in [1.82, 2.24) is 4.90 Å². The quantitative estimate of drug-likeness (QED) is 0.0916.